The molecule has 1 saturated carbocycles. The first-order chi connectivity index (χ1) is 10.8. The maximum absolute atomic E-state index is 12.8. The van der Waals surface area contributed by atoms with E-state index in [2.05, 4.69) is 15.9 Å². The van der Waals surface area contributed by atoms with Gasteiger partial charge in [0.25, 0.3) is 0 Å². The van der Waals surface area contributed by atoms with Gasteiger partial charge in [0, 0.05) is 6.04 Å². The average Bonchev–Trinajstić information content (AvgIpc) is 2.81. The standard InChI is InChI=1S/C16H26N4O2S/c1-11(2)20-13(4)16(12(3)18-20)23(21,22)19-15(10-17)14-8-6-5-7-9-14/h11,14-15,19H,5-9H2,1-4H3/t15-/m0/s1. The van der Waals surface area contributed by atoms with E-state index in [1.807, 2.05) is 13.8 Å². The molecule has 7 heteroatoms. The van der Waals surface area contributed by atoms with Crippen molar-refractivity contribution in [2.45, 2.75) is 76.8 Å². The summed E-state index contributed by atoms with van der Waals surface area (Å²) < 4.78 is 29.9. The van der Waals surface area contributed by atoms with Gasteiger partial charge in [0.15, 0.2) is 0 Å². The summed E-state index contributed by atoms with van der Waals surface area (Å²) in [6, 6.07) is 1.57. The SMILES string of the molecule is Cc1nn(C(C)C)c(C)c1S(=O)(=O)N[C@@H](C#N)C1CCCCC1. The molecule has 0 unspecified atom stereocenters. The molecular formula is C16H26N4O2S. The van der Waals surface area contributed by atoms with Gasteiger partial charge < -0.3 is 0 Å². The molecule has 0 amide bonds. The minimum Gasteiger partial charge on any atom is -0.266 e. The van der Waals surface area contributed by atoms with Gasteiger partial charge in [-0.3, -0.25) is 4.68 Å². The van der Waals surface area contributed by atoms with Crippen LogP contribution in [0.5, 0.6) is 0 Å². The van der Waals surface area contributed by atoms with Crippen molar-refractivity contribution in [2.24, 2.45) is 5.92 Å². The molecule has 1 atom stereocenters. The van der Waals surface area contributed by atoms with E-state index < -0.39 is 16.1 Å². The molecular weight excluding hydrogens is 312 g/mol. The van der Waals surface area contributed by atoms with Crippen molar-refractivity contribution in [3.05, 3.63) is 11.4 Å². The first-order valence-corrected chi connectivity index (χ1v) is 9.74. The lowest BCUT2D eigenvalue weighted by molar-refractivity contribution is 0.324. The highest BCUT2D eigenvalue weighted by atomic mass is 32.2. The topological polar surface area (TPSA) is 87.8 Å². The molecule has 2 rings (SSSR count). The maximum Gasteiger partial charge on any atom is 0.245 e. The van der Waals surface area contributed by atoms with Gasteiger partial charge in [-0.2, -0.15) is 15.1 Å². The Hall–Kier alpha value is -1.39. The number of hydrogen-bond donors (Lipinski definition) is 1. The number of hydrogen-bond acceptors (Lipinski definition) is 4. The largest absolute Gasteiger partial charge is 0.266 e. The van der Waals surface area contributed by atoms with Gasteiger partial charge in [0.1, 0.15) is 10.9 Å². The number of nitriles is 1. The molecule has 0 aromatic carbocycles. The van der Waals surface area contributed by atoms with Crippen LogP contribution in [0.2, 0.25) is 0 Å². The summed E-state index contributed by atoms with van der Waals surface area (Å²) in [7, 11) is -3.75. The van der Waals surface area contributed by atoms with Crippen molar-refractivity contribution >= 4 is 10.0 Å². The summed E-state index contributed by atoms with van der Waals surface area (Å²) in [4.78, 5) is 0.210. The lowest BCUT2D eigenvalue weighted by Gasteiger charge is -2.26. The second-order valence-electron chi connectivity index (χ2n) is 6.66. The van der Waals surface area contributed by atoms with Crippen molar-refractivity contribution in [2.75, 3.05) is 0 Å². The Labute approximate surface area is 138 Å². The number of rotatable bonds is 5. The quantitative estimate of drug-likeness (QED) is 0.894. The minimum atomic E-state index is -3.75. The average molecular weight is 338 g/mol. The van der Waals surface area contributed by atoms with Crippen molar-refractivity contribution in [1.82, 2.24) is 14.5 Å². The molecule has 1 heterocycles. The fourth-order valence-electron chi connectivity index (χ4n) is 3.46. The zero-order chi connectivity index (χ0) is 17.2. The zero-order valence-corrected chi connectivity index (χ0v) is 15.2. The summed E-state index contributed by atoms with van der Waals surface area (Å²) in [5, 5.41) is 13.8. The molecule has 1 aliphatic rings. The highest BCUT2D eigenvalue weighted by Gasteiger charge is 2.31. The third-order valence-corrected chi connectivity index (χ3v) is 6.25. The van der Waals surface area contributed by atoms with Gasteiger partial charge >= 0.3 is 0 Å². The minimum absolute atomic E-state index is 0.0859. The van der Waals surface area contributed by atoms with Crippen molar-refractivity contribution < 1.29 is 8.42 Å². The van der Waals surface area contributed by atoms with Crippen molar-refractivity contribution in [3.8, 4) is 6.07 Å². The van der Waals surface area contributed by atoms with Gasteiger partial charge in [-0.25, -0.2) is 8.42 Å². The third kappa shape index (κ3) is 3.75. The van der Waals surface area contributed by atoms with Gasteiger partial charge in [-0.05, 0) is 46.5 Å². The van der Waals surface area contributed by atoms with Gasteiger partial charge in [-0.1, -0.05) is 19.3 Å². The van der Waals surface area contributed by atoms with E-state index in [1.165, 1.54) is 6.42 Å². The van der Waals surface area contributed by atoms with Gasteiger partial charge in [0.2, 0.25) is 10.0 Å². The van der Waals surface area contributed by atoms with E-state index >= 15 is 0 Å². The lowest BCUT2D eigenvalue weighted by atomic mass is 9.85. The molecule has 0 bridgehead atoms. The Balaban J connectivity index is 2.29. The van der Waals surface area contributed by atoms with E-state index in [9.17, 15) is 13.7 Å². The van der Waals surface area contributed by atoms with Crippen LogP contribution in [0.15, 0.2) is 4.90 Å². The smallest absolute Gasteiger partial charge is 0.245 e. The molecule has 0 spiro atoms. The molecule has 1 aliphatic carbocycles. The first-order valence-electron chi connectivity index (χ1n) is 8.25. The van der Waals surface area contributed by atoms with Crippen LogP contribution < -0.4 is 4.72 Å². The summed E-state index contributed by atoms with van der Waals surface area (Å²) in [6.07, 6.45) is 5.11. The van der Waals surface area contributed by atoms with Crippen LogP contribution in [0.3, 0.4) is 0 Å². The number of aryl methyl sites for hydroxylation is 1. The Morgan fingerprint density at radius 2 is 1.87 bits per heavy atom. The molecule has 0 aliphatic heterocycles. The number of sulfonamides is 1. The molecule has 1 aromatic rings. The van der Waals surface area contributed by atoms with Crippen molar-refractivity contribution in [1.29, 1.82) is 5.26 Å². The molecule has 1 N–H and O–H groups in total. The second-order valence-corrected chi connectivity index (χ2v) is 8.32. The second kappa shape index (κ2) is 7.02. The normalized spacial score (nSPS) is 18.1. The molecule has 1 fully saturated rings. The number of aromatic nitrogens is 2. The van der Waals surface area contributed by atoms with E-state index in [1.54, 1.807) is 18.5 Å². The lowest BCUT2D eigenvalue weighted by Crippen LogP contribution is -2.40. The van der Waals surface area contributed by atoms with Crippen LogP contribution in [0.1, 0.15) is 63.4 Å². The Kier molecular flexibility index (Phi) is 5.48. The first kappa shape index (κ1) is 18.0. The van der Waals surface area contributed by atoms with Crippen LogP contribution in [0, 0.1) is 31.1 Å². The molecule has 0 saturated heterocycles. The zero-order valence-electron chi connectivity index (χ0n) is 14.3. The maximum atomic E-state index is 12.8. The molecule has 6 nitrogen and oxygen atoms in total. The predicted octanol–water partition coefficient (Wildman–Crippen LogP) is 2.83. The highest BCUT2D eigenvalue weighted by molar-refractivity contribution is 7.89. The Bertz CT molecular complexity index is 694. The van der Waals surface area contributed by atoms with E-state index in [-0.39, 0.29) is 16.9 Å². The highest BCUT2D eigenvalue weighted by Crippen LogP contribution is 2.28. The number of nitrogens with one attached hydrogen (secondary N) is 1. The van der Waals surface area contributed by atoms with E-state index in [0.29, 0.717) is 11.4 Å². The molecule has 1 aromatic heterocycles. The third-order valence-electron chi connectivity index (χ3n) is 4.56. The molecule has 0 radical (unpaired) electrons. The van der Waals surface area contributed by atoms with Crippen LogP contribution in [-0.2, 0) is 10.0 Å². The molecule has 128 valence electrons. The Morgan fingerprint density at radius 1 is 1.26 bits per heavy atom. The van der Waals surface area contributed by atoms with Gasteiger partial charge in [-0.15, -0.1) is 0 Å². The fourth-order valence-corrected chi connectivity index (χ4v) is 5.07. The fraction of sp³-hybridized carbons (Fsp3) is 0.750. The van der Waals surface area contributed by atoms with Gasteiger partial charge in [0.05, 0.1) is 17.5 Å². The monoisotopic (exact) mass is 338 g/mol. The Morgan fingerprint density at radius 3 is 2.35 bits per heavy atom. The number of nitrogens with zero attached hydrogens (tertiary/aromatic N) is 3. The summed E-state index contributed by atoms with van der Waals surface area (Å²) in [6.45, 7) is 7.38. The van der Waals surface area contributed by atoms with E-state index in [4.69, 9.17) is 0 Å². The van der Waals surface area contributed by atoms with E-state index in [0.717, 1.165) is 25.7 Å². The molecule has 23 heavy (non-hydrogen) atoms. The van der Waals surface area contributed by atoms with Crippen LogP contribution in [0.25, 0.3) is 0 Å². The predicted molar refractivity (Wildman–Crippen MR) is 88.4 cm³/mol. The van der Waals surface area contributed by atoms with Crippen LogP contribution in [-0.4, -0.2) is 24.2 Å². The summed E-state index contributed by atoms with van der Waals surface area (Å²) >= 11 is 0. The van der Waals surface area contributed by atoms with Crippen LogP contribution in [0.4, 0.5) is 0 Å². The summed E-state index contributed by atoms with van der Waals surface area (Å²) in [5.74, 6) is 0.101. The van der Waals surface area contributed by atoms with Crippen molar-refractivity contribution in [3.63, 3.8) is 0 Å². The summed E-state index contributed by atoms with van der Waals surface area (Å²) in [5.41, 5.74) is 1.09. The van der Waals surface area contributed by atoms with Crippen LogP contribution >= 0.6 is 0 Å².